The molecule has 30 heavy (non-hydrogen) atoms. The summed E-state index contributed by atoms with van der Waals surface area (Å²) in [4.78, 5) is 1.59. The lowest BCUT2D eigenvalue weighted by Crippen LogP contribution is -1.89. The Kier molecular flexibility index (Phi) is 6.09. The van der Waals surface area contributed by atoms with Gasteiger partial charge in [0.25, 0.3) is 0 Å². The Balaban J connectivity index is 1.61. The number of benzene rings is 4. The number of para-hydroxylation sites is 2. The fourth-order valence-electron chi connectivity index (χ4n) is 2.85. The molecule has 4 aromatic rings. The highest BCUT2D eigenvalue weighted by molar-refractivity contribution is 7.99. The van der Waals surface area contributed by atoms with Gasteiger partial charge < -0.3 is 14.9 Å². The average Bonchev–Trinajstić information content (AvgIpc) is 2.74. The number of phenolic OH excluding ortho intramolecular Hbond substituents is 2. The van der Waals surface area contributed by atoms with E-state index in [0.717, 1.165) is 20.9 Å². The van der Waals surface area contributed by atoms with Crippen LogP contribution in [-0.2, 0) is 0 Å². The first-order valence-corrected chi connectivity index (χ1v) is 10.6. The van der Waals surface area contributed by atoms with Crippen molar-refractivity contribution in [2.75, 3.05) is 0 Å². The van der Waals surface area contributed by atoms with Gasteiger partial charge in [-0.05, 0) is 59.7 Å². The maximum atomic E-state index is 10.1. The molecule has 0 atom stereocenters. The van der Waals surface area contributed by atoms with Crippen molar-refractivity contribution in [1.82, 2.24) is 0 Å². The van der Waals surface area contributed by atoms with Crippen LogP contribution >= 0.6 is 35.0 Å². The fraction of sp³-hybridized carbons (Fsp3) is 0. The Bertz CT molecular complexity index is 1210. The maximum absolute atomic E-state index is 10.1. The second kappa shape index (κ2) is 8.92. The van der Waals surface area contributed by atoms with Gasteiger partial charge in [0, 0.05) is 0 Å². The van der Waals surface area contributed by atoms with Crippen molar-refractivity contribution < 1.29 is 14.9 Å². The van der Waals surface area contributed by atoms with Gasteiger partial charge in [0.2, 0.25) is 0 Å². The monoisotopic (exact) mass is 454 g/mol. The van der Waals surface area contributed by atoms with Gasteiger partial charge in [-0.2, -0.15) is 0 Å². The van der Waals surface area contributed by atoms with Gasteiger partial charge >= 0.3 is 0 Å². The SMILES string of the molecule is Oc1ccc(-c2ccc(Oc3ccccc3Sc3ccccc3O)c(Cl)c2)cc1Cl. The van der Waals surface area contributed by atoms with Crippen LogP contribution in [0.3, 0.4) is 0 Å². The quantitative estimate of drug-likeness (QED) is 0.320. The van der Waals surface area contributed by atoms with Crippen molar-refractivity contribution in [2.45, 2.75) is 9.79 Å². The van der Waals surface area contributed by atoms with E-state index in [1.807, 2.05) is 42.5 Å². The summed E-state index contributed by atoms with van der Waals surface area (Å²) in [6, 6.07) is 25.2. The zero-order valence-electron chi connectivity index (χ0n) is 15.5. The lowest BCUT2D eigenvalue weighted by molar-refractivity contribution is 0.462. The molecule has 0 fully saturated rings. The molecule has 0 unspecified atom stereocenters. The van der Waals surface area contributed by atoms with Gasteiger partial charge in [-0.15, -0.1) is 0 Å². The van der Waals surface area contributed by atoms with E-state index in [-0.39, 0.29) is 16.5 Å². The topological polar surface area (TPSA) is 49.7 Å². The molecule has 0 aliphatic carbocycles. The molecule has 3 nitrogen and oxygen atoms in total. The molecule has 0 aliphatic rings. The lowest BCUT2D eigenvalue weighted by Gasteiger charge is -2.13. The van der Waals surface area contributed by atoms with E-state index in [1.54, 1.807) is 42.5 Å². The molecule has 0 heterocycles. The van der Waals surface area contributed by atoms with Gasteiger partial charge in [0.15, 0.2) is 0 Å². The number of phenols is 2. The third-order valence-electron chi connectivity index (χ3n) is 4.37. The number of aromatic hydroxyl groups is 2. The Morgan fingerprint density at radius 2 is 1.23 bits per heavy atom. The van der Waals surface area contributed by atoms with E-state index in [4.69, 9.17) is 27.9 Å². The summed E-state index contributed by atoms with van der Waals surface area (Å²) < 4.78 is 6.09. The van der Waals surface area contributed by atoms with Crippen LogP contribution in [0, 0.1) is 0 Å². The lowest BCUT2D eigenvalue weighted by atomic mass is 10.1. The first kappa shape index (κ1) is 20.5. The van der Waals surface area contributed by atoms with E-state index < -0.39 is 0 Å². The van der Waals surface area contributed by atoms with Crippen molar-refractivity contribution in [2.24, 2.45) is 0 Å². The molecule has 0 saturated heterocycles. The van der Waals surface area contributed by atoms with Crippen LogP contribution in [0.1, 0.15) is 0 Å². The first-order chi connectivity index (χ1) is 14.5. The smallest absolute Gasteiger partial charge is 0.146 e. The van der Waals surface area contributed by atoms with E-state index in [0.29, 0.717) is 16.5 Å². The van der Waals surface area contributed by atoms with E-state index >= 15 is 0 Å². The number of halogens is 2. The average molecular weight is 455 g/mol. The molecule has 0 saturated carbocycles. The third-order valence-corrected chi connectivity index (χ3v) is 6.09. The van der Waals surface area contributed by atoms with Crippen molar-refractivity contribution in [3.05, 3.63) is 95.0 Å². The van der Waals surface area contributed by atoms with Crippen LogP contribution in [0.4, 0.5) is 0 Å². The summed E-state index contributed by atoms with van der Waals surface area (Å²) in [6.07, 6.45) is 0. The third kappa shape index (κ3) is 4.51. The second-order valence-corrected chi connectivity index (χ2v) is 8.33. The van der Waals surface area contributed by atoms with Gasteiger partial charge in [-0.25, -0.2) is 0 Å². The van der Waals surface area contributed by atoms with Crippen LogP contribution in [0.15, 0.2) is 94.7 Å². The highest BCUT2D eigenvalue weighted by Crippen LogP contribution is 2.42. The molecule has 4 aromatic carbocycles. The van der Waals surface area contributed by atoms with Gasteiger partial charge in [-0.3, -0.25) is 0 Å². The number of hydrogen-bond donors (Lipinski definition) is 2. The molecule has 2 N–H and O–H groups in total. The molecule has 0 radical (unpaired) electrons. The summed E-state index contributed by atoms with van der Waals surface area (Å²) in [5, 5.41) is 20.4. The molecule has 0 aliphatic heterocycles. The summed E-state index contributed by atoms with van der Waals surface area (Å²) in [5.74, 6) is 1.39. The molecule has 6 heteroatoms. The molecule has 0 amide bonds. The second-order valence-electron chi connectivity index (χ2n) is 6.43. The molecule has 150 valence electrons. The molecule has 0 aromatic heterocycles. The normalized spacial score (nSPS) is 10.7. The van der Waals surface area contributed by atoms with Gasteiger partial charge in [0.1, 0.15) is 23.0 Å². The molecule has 0 spiro atoms. The van der Waals surface area contributed by atoms with E-state index in [9.17, 15) is 10.2 Å². The van der Waals surface area contributed by atoms with Crippen LogP contribution in [0.2, 0.25) is 10.0 Å². The number of rotatable bonds is 5. The van der Waals surface area contributed by atoms with Crippen molar-refractivity contribution in [3.63, 3.8) is 0 Å². The predicted octanol–water partition coefficient (Wildman–Crippen LogP) is 8.02. The predicted molar refractivity (Wildman–Crippen MR) is 122 cm³/mol. The minimum Gasteiger partial charge on any atom is -0.507 e. The maximum Gasteiger partial charge on any atom is 0.146 e. The molecular formula is C24H16Cl2O3S. The van der Waals surface area contributed by atoms with E-state index in [1.165, 1.54) is 11.8 Å². The van der Waals surface area contributed by atoms with Gasteiger partial charge in [-0.1, -0.05) is 71.4 Å². The number of ether oxygens (including phenoxy) is 1. The minimum absolute atomic E-state index is 0.0324. The fourth-order valence-corrected chi connectivity index (χ4v) is 4.16. The zero-order valence-corrected chi connectivity index (χ0v) is 17.9. The summed E-state index contributed by atoms with van der Waals surface area (Å²) in [6.45, 7) is 0. The Hall–Kier alpha value is -2.79. The van der Waals surface area contributed by atoms with Crippen LogP contribution in [0.25, 0.3) is 11.1 Å². The van der Waals surface area contributed by atoms with Gasteiger partial charge in [0.05, 0.1) is 19.8 Å². The summed E-state index contributed by atoms with van der Waals surface area (Å²) in [5.41, 5.74) is 1.69. The Labute approximate surface area is 188 Å². The highest BCUT2D eigenvalue weighted by atomic mass is 35.5. The Morgan fingerprint density at radius 1 is 0.600 bits per heavy atom. The van der Waals surface area contributed by atoms with Crippen molar-refractivity contribution >= 4 is 35.0 Å². The van der Waals surface area contributed by atoms with Crippen molar-refractivity contribution in [3.8, 4) is 34.1 Å². The Morgan fingerprint density at radius 3 is 1.93 bits per heavy atom. The van der Waals surface area contributed by atoms with Crippen LogP contribution in [-0.4, -0.2) is 10.2 Å². The zero-order chi connectivity index (χ0) is 21.1. The highest BCUT2D eigenvalue weighted by Gasteiger charge is 2.12. The van der Waals surface area contributed by atoms with E-state index in [2.05, 4.69) is 0 Å². The largest absolute Gasteiger partial charge is 0.507 e. The summed E-state index contributed by atoms with van der Waals surface area (Å²) >= 11 is 13.9. The van der Waals surface area contributed by atoms with Crippen LogP contribution < -0.4 is 4.74 Å². The molecular weight excluding hydrogens is 439 g/mol. The summed E-state index contributed by atoms with van der Waals surface area (Å²) in [7, 11) is 0. The minimum atomic E-state index is 0.0324. The van der Waals surface area contributed by atoms with Crippen LogP contribution in [0.5, 0.6) is 23.0 Å². The standard InChI is InChI=1S/C24H16Cl2O3S/c25-17-13-15(9-11-19(17)27)16-10-12-21(18(26)14-16)29-22-6-2-4-8-24(22)30-23-7-3-1-5-20(23)28/h1-14,27-28H. The molecule has 4 rings (SSSR count). The number of hydrogen-bond acceptors (Lipinski definition) is 4. The van der Waals surface area contributed by atoms with Crippen molar-refractivity contribution in [1.29, 1.82) is 0 Å². The molecule has 0 bridgehead atoms. The first-order valence-electron chi connectivity index (χ1n) is 9.02.